The first-order valence-corrected chi connectivity index (χ1v) is 14.4. The second-order valence-electron chi connectivity index (χ2n) is 8.88. The van der Waals surface area contributed by atoms with Crippen molar-refractivity contribution in [2.24, 2.45) is 10.9 Å². The van der Waals surface area contributed by atoms with Gasteiger partial charge in [-0.15, -0.1) is 0 Å². The van der Waals surface area contributed by atoms with E-state index in [2.05, 4.69) is 76.9 Å². The van der Waals surface area contributed by atoms with E-state index in [0.717, 1.165) is 40.9 Å². The first kappa shape index (κ1) is 39.1. The van der Waals surface area contributed by atoms with E-state index in [9.17, 15) is 4.79 Å². The van der Waals surface area contributed by atoms with E-state index in [0.29, 0.717) is 6.61 Å². The molecule has 1 fully saturated rings. The Balaban J connectivity index is -0.000000426. The van der Waals surface area contributed by atoms with Gasteiger partial charge in [-0.25, -0.2) is 4.99 Å². The fourth-order valence-electron chi connectivity index (χ4n) is 2.84. The third-order valence-electron chi connectivity index (χ3n) is 5.37. The van der Waals surface area contributed by atoms with Gasteiger partial charge < -0.3 is 9.47 Å². The Morgan fingerprint density at radius 3 is 1.97 bits per heavy atom. The molecule has 0 bridgehead atoms. The van der Waals surface area contributed by atoms with Crippen LogP contribution in [0.15, 0.2) is 51.9 Å². The Bertz CT molecular complexity index is 701. The molecule has 0 radical (unpaired) electrons. The minimum absolute atomic E-state index is 0.0972. The quantitative estimate of drug-likeness (QED) is 0.325. The molecule has 0 aromatic heterocycles. The van der Waals surface area contributed by atoms with Gasteiger partial charge in [-0.3, -0.25) is 4.79 Å². The average Bonchev–Trinajstić information content (AvgIpc) is 3.34. The second kappa shape index (κ2) is 25.2. The number of amides is 1. The molecule has 0 aliphatic carbocycles. The zero-order valence-electron chi connectivity index (χ0n) is 25.6. The van der Waals surface area contributed by atoms with Gasteiger partial charge >= 0.3 is 0 Å². The van der Waals surface area contributed by atoms with Crippen LogP contribution in [-0.2, 0) is 14.3 Å². The van der Waals surface area contributed by atoms with Crippen LogP contribution in [-0.4, -0.2) is 36.9 Å². The van der Waals surface area contributed by atoms with E-state index in [1.165, 1.54) is 36.6 Å². The molecule has 36 heavy (non-hydrogen) atoms. The lowest BCUT2D eigenvalue weighted by atomic mass is 9.89. The maximum Gasteiger partial charge on any atom is 0.284 e. The highest BCUT2D eigenvalue weighted by Crippen LogP contribution is 2.37. The molecule has 2 rings (SSSR count). The maximum absolute atomic E-state index is 10.7. The molecule has 0 saturated carbocycles. The highest BCUT2D eigenvalue weighted by molar-refractivity contribution is 8.18. The van der Waals surface area contributed by atoms with E-state index < -0.39 is 0 Å². The fourth-order valence-corrected chi connectivity index (χ4v) is 3.54. The van der Waals surface area contributed by atoms with Gasteiger partial charge in [0.2, 0.25) is 0 Å². The Kier molecular flexibility index (Phi) is 27.4. The van der Waals surface area contributed by atoms with Gasteiger partial charge in [-0.2, -0.15) is 0 Å². The Morgan fingerprint density at radius 1 is 1.17 bits per heavy atom. The molecule has 1 unspecified atom stereocenters. The molecule has 0 aromatic rings. The van der Waals surface area contributed by atoms with E-state index in [-0.39, 0.29) is 11.5 Å². The predicted octanol–water partition coefficient (Wildman–Crippen LogP) is 9.73. The van der Waals surface area contributed by atoms with Gasteiger partial charge in [0.15, 0.2) is 0 Å². The summed E-state index contributed by atoms with van der Waals surface area (Å²) in [6, 6.07) is 0. The molecule has 2 aliphatic rings. The van der Waals surface area contributed by atoms with Crippen molar-refractivity contribution in [1.29, 1.82) is 0 Å². The largest absolute Gasteiger partial charge is 0.385 e. The van der Waals surface area contributed by atoms with Gasteiger partial charge in [0.25, 0.3) is 5.91 Å². The Labute approximate surface area is 228 Å². The van der Waals surface area contributed by atoms with Crippen LogP contribution in [0.5, 0.6) is 0 Å². The van der Waals surface area contributed by atoms with Crippen molar-refractivity contribution in [1.82, 2.24) is 0 Å². The van der Waals surface area contributed by atoms with Gasteiger partial charge in [0.1, 0.15) is 0 Å². The molecular formula is C31H57NO3S. The third kappa shape index (κ3) is 18.8. The summed E-state index contributed by atoms with van der Waals surface area (Å²) < 4.78 is 10.3. The summed E-state index contributed by atoms with van der Waals surface area (Å²) in [6.45, 7) is 28.5. The minimum Gasteiger partial charge on any atom is -0.385 e. The van der Waals surface area contributed by atoms with E-state index in [4.69, 9.17) is 4.74 Å². The van der Waals surface area contributed by atoms with E-state index in [1.54, 1.807) is 13.2 Å². The van der Waals surface area contributed by atoms with Crippen LogP contribution in [0.2, 0.25) is 0 Å². The zero-order valence-corrected chi connectivity index (χ0v) is 26.4. The second-order valence-corrected chi connectivity index (χ2v) is 10.1. The standard InChI is InChI=1S/C13H20O.C6H7NOS.C6H14.C3H8O.C3H8/c1-5-7-8-12-11(3)10-14-13(12,4)9-6-2;1-3-5-6(8)7-4(2)9-5;1-4-6(3)5-2;1-3-4-2;1-3-2/h5,7-8H,3,6,9-10H2,1-2,4H3;3H,1-2H3;6H,4-5H2,1-3H3;3H2,1-2H3;3H2,1-2H3/b7-5-,12-8+;5-3+;;;. The van der Waals surface area contributed by atoms with E-state index >= 15 is 0 Å². The summed E-state index contributed by atoms with van der Waals surface area (Å²) in [5.41, 5.74) is 2.28. The molecule has 210 valence electrons. The average molecular weight is 524 g/mol. The number of hydrogen-bond donors (Lipinski definition) is 0. The normalized spacial score (nSPS) is 20.8. The highest BCUT2D eigenvalue weighted by atomic mass is 32.2. The number of methoxy groups -OCH3 is 1. The molecule has 2 heterocycles. The number of thioether (sulfide) groups is 1. The summed E-state index contributed by atoms with van der Waals surface area (Å²) in [5, 5.41) is 0.841. The molecule has 1 atom stereocenters. The predicted molar refractivity (Wildman–Crippen MR) is 164 cm³/mol. The molecule has 5 heteroatoms. The SMILES string of the molecule is C/C=C1/SC(C)=NC1=O.C=C1COC(C)(CCC)/C1=C/C=C\C.CCC.CCC(C)CC.CCOC. The number of allylic oxidation sites excluding steroid dienone is 4. The number of aliphatic imine (C=N–C) groups is 1. The monoisotopic (exact) mass is 523 g/mol. The van der Waals surface area contributed by atoms with Crippen LogP contribution < -0.4 is 0 Å². The number of nitrogens with zero attached hydrogens (tertiary/aromatic N) is 1. The van der Waals surface area contributed by atoms with Gasteiger partial charge in [-0.1, -0.05) is 110 Å². The number of carbonyl (C=O) groups is 1. The molecular weight excluding hydrogens is 466 g/mol. The topological polar surface area (TPSA) is 47.9 Å². The van der Waals surface area contributed by atoms with Crippen LogP contribution >= 0.6 is 11.8 Å². The fraction of sp³-hybridized carbons (Fsp3) is 0.677. The van der Waals surface area contributed by atoms with Gasteiger partial charge in [-0.05, 0) is 58.1 Å². The van der Waals surface area contributed by atoms with Crippen molar-refractivity contribution in [3.63, 3.8) is 0 Å². The highest BCUT2D eigenvalue weighted by Gasteiger charge is 2.35. The molecule has 1 saturated heterocycles. The first-order chi connectivity index (χ1) is 17.0. The van der Waals surface area contributed by atoms with Crippen molar-refractivity contribution in [3.05, 3.63) is 46.9 Å². The first-order valence-electron chi connectivity index (χ1n) is 13.6. The van der Waals surface area contributed by atoms with E-state index in [1.807, 2.05) is 33.8 Å². The maximum atomic E-state index is 10.7. The van der Waals surface area contributed by atoms with Crippen molar-refractivity contribution in [2.45, 2.75) is 114 Å². The van der Waals surface area contributed by atoms with Crippen molar-refractivity contribution in [2.75, 3.05) is 20.3 Å². The molecule has 2 aliphatic heterocycles. The lowest BCUT2D eigenvalue weighted by Gasteiger charge is -2.24. The number of carbonyl (C=O) groups excluding carboxylic acids is 1. The molecule has 0 spiro atoms. The van der Waals surface area contributed by atoms with Crippen LogP contribution in [0.1, 0.15) is 108 Å². The molecule has 0 aromatic carbocycles. The third-order valence-corrected chi connectivity index (χ3v) is 6.39. The number of rotatable bonds is 6. The molecule has 4 nitrogen and oxygen atoms in total. The Morgan fingerprint density at radius 2 is 1.69 bits per heavy atom. The summed E-state index contributed by atoms with van der Waals surface area (Å²) in [6.07, 6.45) is 14.1. The van der Waals surface area contributed by atoms with Crippen LogP contribution in [0.3, 0.4) is 0 Å². The molecule has 1 amide bonds. The van der Waals surface area contributed by atoms with Crippen molar-refractivity contribution in [3.8, 4) is 0 Å². The van der Waals surface area contributed by atoms with Crippen LogP contribution in [0, 0.1) is 5.92 Å². The Hall–Kier alpha value is -1.43. The summed E-state index contributed by atoms with van der Waals surface area (Å²) in [5.74, 6) is 0.838. The molecule has 0 N–H and O–H groups in total. The lowest BCUT2D eigenvalue weighted by Crippen LogP contribution is -2.24. The number of ether oxygens (including phenoxy) is 2. The minimum atomic E-state index is -0.106. The van der Waals surface area contributed by atoms with Crippen LogP contribution in [0.25, 0.3) is 0 Å². The van der Waals surface area contributed by atoms with Crippen molar-refractivity contribution < 1.29 is 14.3 Å². The summed E-state index contributed by atoms with van der Waals surface area (Å²) >= 11 is 1.44. The summed E-state index contributed by atoms with van der Waals surface area (Å²) in [7, 11) is 1.68. The van der Waals surface area contributed by atoms with Gasteiger partial charge in [0.05, 0.1) is 22.2 Å². The van der Waals surface area contributed by atoms with Crippen molar-refractivity contribution >= 4 is 22.7 Å². The zero-order chi connectivity index (χ0) is 28.6. The number of hydrogen-bond acceptors (Lipinski definition) is 4. The lowest BCUT2D eigenvalue weighted by molar-refractivity contribution is -0.113. The smallest absolute Gasteiger partial charge is 0.284 e. The van der Waals surface area contributed by atoms with Gasteiger partial charge in [0, 0.05) is 13.7 Å². The van der Waals surface area contributed by atoms with Crippen LogP contribution in [0.4, 0.5) is 0 Å². The summed E-state index contributed by atoms with van der Waals surface area (Å²) in [4.78, 5) is 15.2.